The maximum Gasteiger partial charge on any atom is 1.00 e. The summed E-state index contributed by atoms with van der Waals surface area (Å²) in [6, 6.07) is 29.6. The first kappa shape index (κ1) is 70.6. The normalized spacial score (nSPS) is 12.8. The standard InChI is InChI=1S/C26H19F8N3O2.C26H20F8N2O3.CH4O.B.Na.H/c27-20-10-19(11-21(12-20)39-26(33,34)22(28)29)24(13-16-4-2-1-3-5-16,18-8-6-17(14-35)7-9-18)37-23(38)36-15-25(30,31)32;27-20-10-19(11-21(12-20)39-26(33,34)22(28)29)24(13-16-4-2-1-3-5-16,18-8-6-17(14-37)7-9-18)36-23(38)35-15-25(30,31)32;1-2;;;/h1-12,22H,13,15H2,(H2,36,37,38);1-12,14,22H,13,15H2,(H2,35,36,38);2H,1H3;;;/q;;;;+1;-1/t2*24-;;;;/m11..../s1. The molecule has 29 heteroatoms. The number of aldehydes is 1. The van der Waals surface area contributed by atoms with Crippen molar-refractivity contribution in [2.45, 2.75) is 61.3 Å². The van der Waals surface area contributed by atoms with E-state index in [4.69, 9.17) is 10.4 Å². The second-order valence-corrected chi connectivity index (χ2v) is 16.7. The number of amides is 4. The number of benzene rings is 6. The van der Waals surface area contributed by atoms with Crippen molar-refractivity contribution in [1.29, 1.82) is 5.26 Å². The van der Waals surface area contributed by atoms with Gasteiger partial charge in [0.2, 0.25) is 0 Å². The van der Waals surface area contributed by atoms with Crippen LogP contribution in [0.1, 0.15) is 50.7 Å². The number of aliphatic hydroxyl groups is 1. The van der Waals surface area contributed by atoms with Crippen molar-refractivity contribution >= 4 is 26.8 Å². The van der Waals surface area contributed by atoms with E-state index in [1.807, 2.05) is 6.07 Å². The van der Waals surface area contributed by atoms with Crippen molar-refractivity contribution < 1.29 is 130 Å². The fourth-order valence-electron chi connectivity index (χ4n) is 7.57. The van der Waals surface area contributed by atoms with Crippen molar-refractivity contribution in [3.05, 3.63) is 202 Å². The van der Waals surface area contributed by atoms with Crippen LogP contribution in [0.25, 0.3) is 0 Å². The van der Waals surface area contributed by atoms with Gasteiger partial charge in [-0.05, 0) is 69.8 Å². The van der Waals surface area contributed by atoms with Crippen LogP contribution in [0, 0.1) is 23.0 Å². The molecule has 6 aromatic rings. The van der Waals surface area contributed by atoms with Crippen molar-refractivity contribution in [2.75, 3.05) is 20.2 Å². The molecule has 2 atom stereocenters. The van der Waals surface area contributed by atoms with Gasteiger partial charge in [0.15, 0.2) is 0 Å². The quantitative estimate of drug-likeness (QED) is 0.0308. The minimum Gasteiger partial charge on any atom is -1.00 e. The Morgan fingerprint density at radius 3 is 1.21 bits per heavy atom. The predicted molar refractivity (Wildman–Crippen MR) is 261 cm³/mol. The number of ether oxygens (including phenoxy) is 2. The van der Waals surface area contributed by atoms with Crippen LogP contribution >= 0.6 is 0 Å². The maximum atomic E-state index is 14.7. The van der Waals surface area contributed by atoms with Crippen LogP contribution in [0.3, 0.4) is 0 Å². The van der Waals surface area contributed by atoms with Crippen molar-refractivity contribution in [2.24, 2.45) is 0 Å². The Hall–Kier alpha value is -7.48. The topological polar surface area (TPSA) is 162 Å². The summed E-state index contributed by atoms with van der Waals surface area (Å²) in [5.74, 6) is -4.52. The second-order valence-electron chi connectivity index (χ2n) is 16.7. The molecule has 0 bridgehead atoms. The molecular weight excluding hydrogens is 1140 g/mol. The van der Waals surface area contributed by atoms with Gasteiger partial charge in [-0.25, -0.2) is 18.4 Å². The monoisotopic (exact) mass is 1180 g/mol. The zero-order chi connectivity index (χ0) is 59.7. The molecule has 0 heterocycles. The summed E-state index contributed by atoms with van der Waals surface area (Å²) in [5.41, 5.74) is -3.14. The summed E-state index contributed by atoms with van der Waals surface area (Å²) in [7, 11) is 1.00. The molecule has 3 radical (unpaired) electrons. The summed E-state index contributed by atoms with van der Waals surface area (Å²) in [5, 5.41) is 24.2. The number of nitrogens with zero attached hydrogens (tertiary/aromatic N) is 1. The predicted octanol–water partition coefficient (Wildman–Crippen LogP) is 8.85. The van der Waals surface area contributed by atoms with Gasteiger partial charge in [-0.1, -0.05) is 97.1 Å². The van der Waals surface area contributed by atoms with Gasteiger partial charge in [-0.15, -0.1) is 0 Å². The molecule has 0 aliphatic rings. The Balaban J connectivity index is 0.000000779. The van der Waals surface area contributed by atoms with Crippen LogP contribution in [-0.2, 0) is 23.9 Å². The largest absolute Gasteiger partial charge is 1.00 e. The van der Waals surface area contributed by atoms with Crippen LogP contribution in [0.2, 0.25) is 0 Å². The number of carbonyl (C=O) groups excluding carboxylic acids is 3. The molecule has 0 saturated carbocycles. The molecule has 0 unspecified atom stereocenters. The van der Waals surface area contributed by atoms with Crippen LogP contribution < -0.4 is 60.3 Å². The number of hydrogen-bond acceptors (Lipinski definition) is 7. The number of urea groups is 2. The van der Waals surface area contributed by atoms with Gasteiger partial charge in [-0.2, -0.15) is 66.7 Å². The van der Waals surface area contributed by atoms with E-state index in [0.717, 1.165) is 31.4 Å². The Bertz CT molecular complexity index is 3050. The van der Waals surface area contributed by atoms with Gasteiger partial charge in [0.25, 0.3) is 0 Å². The van der Waals surface area contributed by atoms with Crippen LogP contribution in [0.5, 0.6) is 11.5 Å². The molecule has 11 nitrogen and oxygen atoms in total. The van der Waals surface area contributed by atoms with Crippen LogP contribution in [0.15, 0.2) is 146 Å². The van der Waals surface area contributed by atoms with E-state index in [-0.39, 0.29) is 85.6 Å². The number of carbonyl (C=O) groups is 3. The van der Waals surface area contributed by atoms with Gasteiger partial charge in [0.1, 0.15) is 42.5 Å². The number of hydrogen-bond donors (Lipinski definition) is 5. The molecule has 4 amide bonds. The van der Waals surface area contributed by atoms with E-state index < -0.39 is 96.8 Å². The van der Waals surface area contributed by atoms with Crippen molar-refractivity contribution in [3.8, 4) is 17.6 Å². The third-order valence-corrected chi connectivity index (χ3v) is 11.0. The number of halogens is 16. The van der Waals surface area contributed by atoms with E-state index in [1.165, 1.54) is 48.5 Å². The first-order valence-electron chi connectivity index (χ1n) is 22.6. The maximum absolute atomic E-state index is 14.7. The Morgan fingerprint density at radius 1 is 0.561 bits per heavy atom. The molecule has 0 aliphatic carbocycles. The minimum atomic E-state index is -5.00. The van der Waals surface area contributed by atoms with E-state index in [9.17, 15) is 84.6 Å². The summed E-state index contributed by atoms with van der Waals surface area (Å²) in [4.78, 5) is 36.6. The Kier molecular flexibility index (Phi) is 26.3. The average molecular weight is 1180 g/mol. The first-order chi connectivity index (χ1) is 37.5. The van der Waals surface area contributed by atoms with Gasteiger partial charge in [0, 0.05) is 46.1 Å². The number of nitriles is 1. The molecule has 433 valence electrons. The fourth-order valence-corrected chi connectivity index (χ4v) is 7.57. The summed E-state index contributed by atoms with van der Waals surface area (Å²) in [6.07, 6.45) is -28.2. The molecule has 0 aliphatic heterocycles. The first-order valence-corrected chi connectivity index (χ1v) is 22.6. The molecule has 0 spiro atoms. The van der Waals surface area contributed by atoms with E-state index in [2.05, 4.69) is 20.1 Å². The van der Waals surface area contributed by atoms with Gasteiger partial charge in [0.05, 0.1) is 22.7 Å². The van der Waals surface area contributed by atoms with E-state index in [0.29, 0.717) is 29.5 Å². The van der Waals surface area contributed by atoms with Gasteiger partial charge < -0.3 is 37.3 Å². The zero-order valence-corrected chi connectivity index (χ0v) is 44.5. The summed E-state index contributed by atoms with van der Waals surface area (Å²) >= 11 is 0. The zero-order valence-electron chi connectivity index (χ0n) is 43.5. The van der Waals surface area contributed by atoms with Crippen molar-refractivity contribution in [1.82, 2.24) is 21.3 Å². The minimum absolute atomic E-state index is 0. The summed E-state index contributed by atoms with van der Waals surface area (Å²) in [6.45, 7) is -3.46. The molecule has 6 rings (SSSR count). The Morgan fingerprint density at radius 2 is 0.902 bits per heavy atom. The Labute approximate surface area is 482 Å². The average Bonchev–Trinajstić information content (AvgIpc) is 3.41. The molecular formula is C53H44BF16N5NaO6. The third kappa shape index (κ3) is 20.5. The summed E-state index contributed by atoms with van der Waals surface area (Å²) < 4.78 is 220. The van der Waals surface area contributed by atoms with Gasteiger partial charge >= 0.3 is 79.0 Å². The van der Waals surface area contributed by atoms with E-state index >= 15 is 0 Å². The van der Waals surface area contributed by atoms with Crippen molar-refractivity contribution in [3.63, 3.8) is 0 Å². The molecule has 0 fully saturated rings. The SMILES string of the molecule is CO.N#Cc1ccc([C@@](Cc2ccccc2)(NC(=O)NCC(F)(F)F)c2cc(F)cc(OC(F)(F)C(F)F)c2)cc1.O=Cc1ccc([C@@](Cc2ccccc2)(NC(=O)NCC(F)(F)F)c2cc(F)cc(OC(F)(F)C(F)F)c2)cc1.[B].[H-].[Na+]. The fraction of sp³-hybridized carbons (Fsp3) is 0.245. The van der Waals surface area contributed by atoms with Crippen LogP contribution in [0.4, 0.5) is 79.8 Å². The molecule has 5 N–H and O–H groups in total. The molecule has 0 saturated heterocycles. The molecule has 82 heavy (non-hydrogen) atoms. The number of nitrogens with one attached hydrogen (secondary N) is 4. The van der Waals surface area contributed by atoms with Crippen LogP contribution in [-0.4, -0.2) is 89.5 Å². The number of rotatable bonds is 19. The number of aliphatic hydroxyl groups excluding tert-OH is 1. The molecule has 6 aromatic carbocycles. The second kappa shape index (κ2) is 30.5. The van der Waals surface area contributed by atoms with Gasteiger partial charge in [-0.3, -0.25) is 4.79 Å². The number of alkyl halides is 14. The molecule has 0 aromatic heterocycles. The van der Waals surface area contributed by atoms with E-state index in [1.54, 1.807) is 71.3 Å². The third-order valence-electron chi connectivity index (χ3n) is 11.0. The smallest absolute Gasteiger partial charge is 1.00 e.